The molecule has 21 heavy (non-hydrogen) atoms. The zero-order chi connectivity index (χ0) is 15.8. The number of H-pyrrole nitrogens is 1. The number of nitrogens with one attached hydrogen (secondary N) is 1. The van der Waals surface area contributed by atoms with Gasteiger partial charge in [0, 0.05) is 38.1 Å². The van der Waals surface area contributed by atoms with Gasteiger partial charge in [-0.15, -0.1) is 0 Å². The quantitative estimate of drug-likeness (QED) is 0.939. The minimum Gasteiger partial charge on any atom is -0.336 e. The van der Waals surface area contributed by atoms with Crippen LogP contribution in [0.15, 0.2) is 12.3 Å². The van der Waals surface area contributed by atoms with Gasteiger partial charge in [0.15, 0.2) is 5.69 Å². The number of amides is 1. The van der Waals surface area contributed by atoms with E-state index < -0.39 is 17.8 Å². The van der Waals surface area contributed by atoms with E-state index >= 15 is 0 Å². The Bertz CT molecular complexity index is 658. The lowest BCUT2D eigenvalue weighted by Crippen LogP contribution is -2.27. The van der Waals surface area contributed by atoms with E-state index in [9.17, 15) is 18.0 Å². The Morgan fingerprint density at radius 3 is 2.67 bits per heavy atom. The van der Waals surface area contributed by atoms with Crippen LogP contribution in [-0.4, -0.2) is 37.8 Å². The van der Waals surface area contributed by atoms with Crippen LogP contribution in [-0.2, 0) is 19.8 Å². The van der Waals surface area contributed by atoms with Crippen LogP contribution in [0.3, 0.4) is 0 Å². The van der Waals surface area contributed by atoms with Crippen molar-refractivity contribution in [2.45, 2.75) is 19.6 Å². The normalized spacial score (nSPS) is 11.7. The van der Waals surface area contributed by atoms with Crippen LogP contribution < -0.4 is 0 Å². The molecule has 0 spiro atoms. The van der Waals surface area contributed by atoms with Crippen molar-refractivity contribution in [3.63, 3.8) is 0 Å². The van der Waals surface area contributed by atoms with Gasteiger partial charge in [-0.05, 0) is 13.0 Å². The number of aromatic amines is 1. The van der Waals surface area contributed by atoms with Gasteiger partial charge >= 0.3 is 6.18 Å². The summed E-state index contributed by atoms with van der Waals surface area (Å²) >= 11 is 0. The second-order valence-electron chi connectivity index (χ2n) is 4.77. The first-order valence-electron chi connectivity index (χ1n) is 6.05. The third-order valence-electron chi connectivity index (χ3n) is 2.85. The van der Waals surface area contributed by atoms with Crippen LogP contribution in [0.5, 0.6) is 0 Å². The van der Waals surface area contributed by atoms with Gasteiger partial charge in [0.1, 0.15) is 5.69 Å². The second kappa shape index (κ2) is 5.23. The summed E-state index contributed by atoms with van der Waals surface area (Å²) in [7, 11) is 2.82. The minimum atomic E-state index is -4.55. The lowest BCUT2D eigenvalue weighted by molar-refractivity contribution is -0.142. The van der Waals surface area contributed by atoms with E-state index in [-0.39, 0.29) is 17.8 Å². The van der Waals surface area contributed by atoms with E-state index in [1.165, 1.54) is 31.3 Å². The minimum absolute atomic E-state index is 0.0619. The number of carbonyl (C=O) groups is 1. The Hall–Kier alpha value is -2.32. The van der Waals surface area contributed by atoms with Gasteiger partial charge in [-0.1, -0.05) is 0 Å². The third kappa shape index (κ3) is 3.23. The first-order chi connectivity index (χ1) is 9.68. The molecule has 0 aromatic carbocycles. The fraction of sp³-hybridized carbons (Fsp3) is 0.417. The molecule has 1 N–H and O–H groups in total. The largest absolute Gasteiger partial charge is 0.435 e. The molecule has 0 atom stereocenters. The summed E-state index contributed by atoms with van der Waals surface area (Å²) in [4.78, 5) is 13.2. The van der Waals surface area contributed by atoms with Crippen molar-refractivity contribution in [3.05, 3.63) is 34.9 Å². The molecule has 2 aromatic heterocycles. The van der Waals surface area contributed by atoms with Gasteiger partial charge in [0.2, 0.25) is 0 Å². The van der Waals surface area contributed by atoms with Crippen molar-refractivity contribution in [2.24, 2.45) is 7.05 Å². The summed E-state index contributed by atoms with van der Waals surface area (Å²) in [5, 5.41) is 9.81. The number of aromatic nitrogens is 4. The van der Waals surface area contributed by atoms with Crippen molar-refractivity contribution in [2.75, 3.05) is 7.05 Å². The van der Waals surface area contributed by atoms with Gasteiger partial charge < -0.3 is 4.90 Å². The smallest absolute Gasteiger partial charge is 0.336 e. The number of hydrogen-bond acceptors (Lipinski definition) is 3. The molecule has 6 nitrogen and oxygen atoms in total. The van der Waals surface area contributed by atoms with Crippen molar-refractivity contribution in [1.29, 1.82) is 0 Å². The highest BCUT2D eigenvalue weighted by atomic mass is 19.4. The number of carbonyl (C=O) groups excluding carboxylic acids is 1. The molecule has 0 fully saturated rings. The summed E-state index contributed by atoms with van der Waals surface area (Å²) in [5.41, 5.74) is -0.187. The van der Waals surface area contributed by atoms with E-state index in [1.54, 1.807) is 6.92 Å². The maximum Gasteiger partial charge on any atom is 0.435 e. The Morgan fingerprint density at radius 2 is 2.14 bits per heavy atom. The maximum atomic E-state index is 12.8. The zero-order valence-electron chi connectivity index (χ0n) is 11.7. The molecular formula is C12H14F3N5O. The number of halogens is 3. The van der Waals surface area contributed by atoms with Crippen molar-refractivity contribution in [3.8, 4) is 0 Å². The standard InChI is InChI=1S/C12H14F3N5O/c1-7-4-9(17-16-7)11(21)19(2)5-8-6-20(3)18-10(8)12(13,14)15/h4,6H,5H2,1-3H3,(H,16,17). The first kappa shape index (κ1) is 15.1. The van der Waals surface area contributed by atoms with E-state index in [0.717, 1.165) is 4.68 Å². The van der Waals surface area contributed by atoms with E-state index in [2.05, 4.69) is 15.3 Å². The number of aryl methyl sites for hydroxylation is 2. The molecule has 2 aromatic rings. The van der Waals surface area contributed by atoms with E-state index in [1.807, 2.05) is 0 Å². The molecule has 2 heterocycles. The summed E-state index contributed by atoms with van der Waals surface area (Å²) in [6.45, 7) is 1.53. The average molecular weight is 301 g/mol. The highest BCUT2D eigenvalue weighted by Gasteiger charge is 2.37. The molecule has 0 radical (unpaired) electrons. The number of hydrogen-bond donors (Lipinski definition) is 1. The zero-order valence-corrected chi connectivity index (χ0v) is 11.7. The van der Waals surface area contributed by atoms with Gasteiger partial charge in [-0.3, -0.25) is 14.6 Å². The van der Waals surface area contributed by atoms with Gasteiger partial charge in [0.25, 0.3) is 5.91 Å². The molecule has 0 aliphatic carbocycles. The molecule has 9 heteroatoms. The maximum absolute atomic E-state index is 12.8. The van der Waals surface area contributed by atoms with Crippen molar-refractivity contribution in [1.82, 2.24) is 24.9 Å². The Kier molecular flexibility index (Phi) is 3.75. The van der Waals surface area contributed by atoms with Crippen LogP contribution >= 0.6 is 0 Å². The summed E-state index contributed by atoms with van der Waals surface area (Å²) < 4.78 is 39.6. The van der Waals surface area contributed by atoms with E-state index in [4.69, 9.17) is 0 Å². The van der Waals surface area contributed by atoms with Gasteiger partial charge in [0.05, 0.1) is 0 Å². The SMILES string of the molecule is Cc1cc(C(=O)N(C)Cc2cn(C)nc2C(F)(F)F)n[nH]1. The molecule has 0 saturated heterocycles. The first-order valence-corrected chi connectivity index (χ1v) is 6.05. The van der Waals surface area contributed by atoms with Gasteiger partial charge in [-0.2, -0.15) is 23.4 Å². The number of nitrogens with zero attached hydrogens (tertiary/aromatic N) is 4. The lowest BCUT2D eigenvalue weighted by Gasteiger charge is -2.16. The molecule has 114 valence electrons. The molecule has 0 aliphatic rings. The Labute approximate surface area is 118 Å². The highest BCUT2D eigenvalue weighted by molar-refractivity contribution is 5.92. The number of rotatable bonds is 3. The van der Waals surface area contributed by atoms with E-state index in [0.29, 0.717) is 5.69 Å². The third-order valence-corrected chi connectivity index (χ3v) is 2.85. The Morgan fingerprint density at radius 1 is 1.48 bits per heavy atom. The topological polar surface area (TPSA) is 66.8 Å². The molecule has 2 rings (SSSR count). The fourth-order valence-corrected chi connectivity index (χ4v) is 1.94. The van der Waals surface area contributed by atoms with Crippen molar-refractivity contribution >= 4 is 5.91 Å². The molecular weight excluding hydrogens is 287 g/mol. The Balaban J connectivity index is 2.20. The molecule has 0 unspecified atom stereocenters. The summed E-state index contributed by atoms with van der Waals surface area (Å²) in [6.07, 6.45) is -3.30. The predicted molar refractivity (Wildman–Crippen MR) is 67.3 cm³/mol. The second-order valence-corrected chi connectivity index (χ2v) is 4.77. The van der Waals surface area contributed by atoms with Crippen LogP contribution in [0.4, 0.5) is 13.2 Å². The molecule has 0 saturated carbocycles. The highest BCUT2D eigenvalue weighted by Crippen LogP contribution is 2.31. The molecule has 0 aliphatic heterocycles. The van der Waals surface area contributed by atoms with Crippen LogP contribution in [0.1, 0.15) is 27.4 Å². The molecule has 0 bridgehead atoms. The average Bonchev–Trinajstić information content (AvgIpc) is 2.94. The lowest BCUT2D eigenvalue weighted by atomic mass is 10.2. The monoisotopic (exact) mass is 301 g/mol. The van der Waals surface area contributed by atoms with Gasteiger partial charge in [-0.25, -0.2) is 0 Å². The predicted octanol–water partition coefficient (Wildman–Crippen LogP) is 1.74. The molecule has 1 amide bonds. The van der Waals surface area contributed by atoms with Crippen LogP contribution in [0.2, 0.25) is 0 Å². The fourth-order valence-electron chi connectivity index (χ4n) is 1.94. The number of alkyl halides is 3. The van der Waals surface area contributed by atoms with Crippen LogP contribution in [0, 0.1) is 6.92 Å². The summed E-state index contributed by atoms with van der Waals surface area (Å²) in [6, 6.07) is 1.53. The van der Waals surface area contributed by atoms with Crippen LogP contribution in [0.25, 0.3) is 0 Å². The summed E-state index contributed by atoms with van der Waals surface area (Å²) in [5.74, 6) is -0.462. The van der Waals surface area contributed by atoms with Crippen molar-refractivity contribution < 1.29 is 18.0 Å².